The van der Waals surface area contributed by atoms with Gasteiger partial charge in [0.25, 0.3) is 0 Å². The van der Waals surface area contributed by atoms with Crippen molar-refractivity contribution in [1.82, 2.24) is 0 Å². The van der Waals surface area contributed by atoms with E-state index in [-0.39, 0.29) is 31.1 Å². The molecule has 0 aromatic heterocycles. The molecular formula is C31H35NO6S. The van der Waals surface area contributed by atoms with E-state index < -0.39 is 12.3 Å². The fourth-order valence-corrected chi connectivity index (χ4v) is 5.36. The first-order valence-corrected chi connectivity index (χ1v) is 14.3. The van der Waals surface area contributed by atoms with Crippen LogP contribution in [0.4, 0.5) is 5.69 Å². The van der Waals surface area contributed by atoms with Gasteiger partial charge in [-0.2, -0.15) is 0 Å². The predicted molar refractivity (Wildman–Crippen MR) is 151 cm³/mol. The number of carbonyl (C=O) groups is 2. The zero-order chi connectivity index (χ0) is 27.5. The van der Waals surface area contributed by atoms with Crippen molar-refractivity contribution in [1.29, 1.82) is 0 Å². The molecular weight excluding hydrogens is 514 g/mol. The second-order valence-corrected chi connectivity index (χ2v) is 10.7. The number of carboxylic acid groups (broad SMARTS) is 1. The summed E-state index contributed by atoms with van der Waals surface area (Å²) < 4.78 is 12.8. The Balaban J connectivity index is 1.38. The van der Waals surface area contributed by atoms with Gasteiger partial charge in [0.1, 0.15) is 0 Å². The van der Waals surface area contributed by atoms with E-state index in [0.29, 0.717) is 31.4 Å². The number of nitrogens with one attached hydrogen (secondary N) is 1. The molecule has 3 N–H and O–H groups in total. The van der Waals surface area contributed by atoms with Gasteiger partial charge in [-0.3, -0.25) is 9.59 Å². The third-order valence-corrected chi connectivity index (χ3v) is 7.70. The Morgan fingerprint density at radius 1 is 0.846 bits per heavy atom. The van der Waals surface area contributed by atoms with Crippen molar-refractivity contribution in [2.45, 2.75) is 68.5 Å². The summed E-state index contributed by atoms with van der Waals surface area (Å²) in [6.45, 7) is 0.00148. The minimum absolute atomic E-state index is 0.00148. The Labute approximate surface area is 233 Å². The van der Waals surface area contributed by atoms with Gasteiger partial charge < -0.3 is 25.0 Å². The van der Waals surface area contributed by atoms with E-state index in [1.807, 2.05) is 66.7 Å². The van der Waals surface area contributed by atoms with Crippen LogP contribution >= 0.6 is 11.8 Å². The maximum Gasteiger partial charge on any atom is 0.303 e. The largest absolute Gasteiger partial charge is 0.481 e. The highest BCUT2D eigenvalue weighted by molar-refractivity contribution is 7.99. The zero-order valence-electron chi connectivity index (χ0n) is 21.8. The monoisotopic (exact) mass is 549 g/mol. The molecule has 1 amide bonds. The van der Waals surface area contributed by atoms with Crippen LogP contribution in [0.25, 0.3) is 0 Å². The van der Waals surface area contributed by atoms with Crippen LogP contribution in [0.2, 0.25) is 0 Å². The number of amides is 1. The number of carboxylic acids is 1. The first-order valence-electron chi connectivity index (χ1n) is 13.3. The Bertz CT molecular complexity index is 1190. The summed E-state index contributed by atoms with van der Waals surface area (Å²) in [7, 11) is 0. The summed E-state index contributed by atoms with van der Waals surface area (Å²) >= 11 is 1.76. The van der Waals surface area contributed by atoms with Crippen LogP contribution in [0.1, 0.15) is 67.6 Å². The number of aliphatic carboxylic acids is 1. The van der Waals surface area contributed by atoms with Gasteiger partial charge in [0.05, 0.1) is 18.8 Å². The smallest absolute Gasteiger partial charge is 0.303 e. The van der Waals surface area contributed by atoms with Crippen LogP contribution in [0.5, 0.6) is 0 Å². The minimum Gasteiger partial charge on any atom is -0.481 e. The second-order valence-electron chi connectivity index (χ2n) is 9.60. The molecule has 3 aromatic rings. The van der Waals surface area contributed by atoms with Crippen molar-refractivity contribution < 1.29 is 29.3 Å². The second kappa shape index (κ2) is 14.8. The van der Waals surface area contributed by atoms with Crippen molar-refractivity contribution in [3.8, 4) is 0 Å². The molecule has 0 bridgehead atoms. The van der Waals surface area contributed by atoms with Crippen LogP contribution in [-0.2, 0) is 25.7 Å². The van der Waals surface area contributed by atoms with Gasteiger partial charge in [-0.05, 0) is 48.2 Å². The number of benzene rings is 3. The number of carbonyl (C=O) groups excluding carboxylic acids is 1. The first kappa shape index (κ1) is 28.8. The van der Waals surface area contributed by atoms with Crippen molar-refractivity contribution in [2.24, 2.45) is 0 Å². The summed E-state index contributed by atoms with van der Waals surface area (Å²) in [4.78, 5) is 24.1. The highest BCUT2D eigenvalue weighted by Crippen LogP contribution is 2.39. The number of rotatable bonds is 13. The molecule has 0 radical (unpaired) electrons. The Morgan fingerprint density at radius 2 is 1.54 bits per heavy atom. The summed E-state index contributed by atoms with van der Waals surface area (Å²) in [6.07, 6.45) is 2.41. The van der Waals surface area contributed by atoms with Crippen LogP contribution in [0.15, 0.2) is 83.8 Å². The quantitative estimate of drug-likeness (QED) is 0.165. The molecule has 3 aromatic carbocycles. The topological polar surface area (TPSA) is 105 Å². The number of ether oxygens (including phenoxy) is 2. The predicted octanol–water partition coefficient (Wildman–Crippen LogP) is 6.49. The molecule has 1 aliphatic rings. The van der Waals surface area contributed by atoms with Crippen LogP contribution < -0.4 is 5.32 Å². The van der Waals surface area contributed by atoms with E-state index >= 15 is 0 Å². The molecule has 4 rings (SSSR count). The third-order valence-electron chi connectivity index (χ3n) is 6.56. The lowest BCUT2D eigenvalue weighted by Gasteiger charge is -2.36. The number of hydrogen-bond donors (Lipinski definition) is 3. The lowest BCUT2D eigenvalue weighted by atomic mass is 10.0. The van der Waals surface area contributed by atoms with Gasteiger partial charge in [0, 0.05) is 41.2 Å². The summed E-state index contributed by atoms with van der Waals surface area (Å²) in [6, 6.07) is 25.6. The van der Waals surface area contributed by atoms with E-state index in [4.69, 9.17) is 14.6 Å². The summed E-state index contributed by atoms with van der Waals surface area (Å²) in [5, 5.41) is 21.0. The Morgan fingerprint density at radius 3 is 2.23 bits per heavy atom. The number of anilines is 1. The molecule has 0 saturated carbocycles. The fourth-order valence-electron chi connectivity index (χ4n) is 4.41. The highest BCUT2D eigenvalue weighted by atomic mass is 32.2. The molecule has 3 atom stereocenters. The first-order chi connectivity index (χ1) is 19.0. The van der Waals surface area contributed by atoms with E-state index in [0.717, 1.165) is 28.9 Å². The van der Waals surface area contributed by atoms with Crippen molar-refractivity contribution in [2.75, 3.05) is 11.1 Å². The average Bonchev–Trinajstić information content (AvgIpc) is 2.96. The highest BCUT2D eigenvalue weighted by Gasteiger charge is 2.32. The van der Waals surface area contributed by atoms with Gasteiger partial charge in [-0.1, -0.05) is 61.0 Å². The zero-order valence-corrected chi connectivity index (χ0v) is 22.6. The van der Waals surface area contributed by atoms with Gasteiger partial charge in [-0.15, -0.1) is 11.8 Å². The molecule has 1 fully saturated rings. The van der Waals surface area contributed by atoms with Gasteiger partial charge in [-0.25, -0.2) is 0 Å². The summed E-state index contributed by atoms with van der Waals surface area (Å²) in [5.74, 6) is -0.110. The molecule has 1 aliphatic heterocycles. The lowest BCUT2D eigenvalue weighted by Crippen LogP contribution is -2.31. The molecule has 1 saturated heterocycles. The number of unbranched alkanes of at least 4 members (excludes halogenated alkanes) is 2. The van der Waals surface area contributed by atoms with Crippen LogP contribution in [0, 0.1) is 0 Å². The van der Waals surface area contributed by atoms with E-state index in [2.05, 4.69) is 17.4 Å². The third kappa shape index (κ3) is 9.21. The minimum atomic E-state index is -0.808. The van der Waals surface area contributed by atoms with Crippen molar-refractivity contribution >= 4 is 29.3 Å². The molecule has 7 nitrogen and oxygen atoms in total. The number of thioether (sulfide) groups is 1. The molecule has 1 heterocycles. The van der Waals surface area contributed by atoms with E-state index in [9.17, 15) is 14.7 Å². The maximum absolute atomic E-state index is 12.3. The molecule has 8 heteroatoms. The molecule has 0 spiro atoms. The van der Waals surface area contributed by atoms with Crippen LogP contribution in [-0.4, -0.2) is 33.9 Å². The van der Waals surface area contributed by atoms with Gasteiger partial charge >= 0.3 is 5.97 Å². The van der Waals surface area contributed by atoms with Gasteiger partial charge in [0.2, 0.25) is 5.91 Å². The standard InChI is InChI=1S/C31H35NO6S/c33-20-22-11-13-23(14-12-22)28-19-26(21-39-27-7-3-1-4-8-27)37-31(38-28)24-15-17-25(18-16-24)32-29(34)9-5-2-6-10-30(35)36/h1,3-4,7-8,11-18,26,28,31,33H,2,5-6,9-10,19-21H2,(H,32,34)(H,35,36). The van der Waals surface area contributed by atoms with Crippen molar-refractivity contribution in [3.05, 3.63) is 95.6 Å². The SMILES string of the molecule is O=C(O)CCCCCC(=O)Nc1ccc(C2OC(CSc3ccccc3)CC(c3ccc(CO)cc3)O2)cc1. The average molecular weight is 550 g/mol. The summed E-state index contributed by atoms with van der Waals surface area (Å²) in [5.41, 5.74) is 3.46. The normalized spacial score (nSPS) is 18.9. The van der Waals surface area contributed by atoms with Crippen LogP contribution in [0.3, 0.4) is 0 Å². The lowest BCUT2D eigenvalue weighted by molar-refractivity contribution is -0.245. The number of hydrogen-bond acceptors (Lipinski definition) is 6. The number of aliphatic hydroxyl groups excluding tert-OH is 1. The van der Waals surface area contributed by atoms with E-state index in [1.54, 1.807) is 11.8 Å². The Hall–Kier alpha value is -3.17. The number of aliphatic hydroxyl groups is 1. The molecule has 3 unspecified atom stereocenters. The van der Waals surface area contributed by atoms with Crippen molar-refractivity contribution in [3.63, 3.8) is 0 Å². The Kier molecular flexibility index (Phi) is 11.0. The molecule has 0 aliphatic carbocycles. The maximum atomic E-state index is 12.3. The van der Waals surface area contributed by atoms with E-state index in [1.165, 1.54) is 4.90 Å². The van der Waals surface area contributed by atoms with Gasteiger partial charge in [0.15, 0.2) is 6.29 Å². The molecule has 39 heavy (non-hydrogen) atoms. The fraction of sp³-hybridized carbons (Fsp3) is 0.355. The molecule has 206 valence electrons.